The number of rotatable bonds is 8. The minimum Gasteiger partial charge on any atom is -0.444 e. The van der Waals surface area contributed by atoms with Crippen molar-refractivity contribution in [3.05, 3.63) is 34.4 Å². The van der Waals surface area contributed by atoms with Crippen molar-refractivity contribution in [1.82, 2.24) is 5.32 Å². The number of carbonyl (C=O) groups is 2. The minimum absolute atomic E-state index is 0.0434. The van der Waals surface area contributed by atoms with Gasteiger partial charge in [0.15, 0.2) is 0 Å². The van der Waals surface area contributed by atoms with E-state index in [-0.39, 0.29) is 37.8 Å². The lowest BCUT2D eigenvalue weighted by molar-refractivity contribution is -0.384. The van der Waals surface area contributed by atoms with Crippen LogP contribution in [0.1, 0.15) is 20.8 Å². The number of nitrogens with one attached hydrogen (secondary N) is 1. The number of alkyl carbamates (subject to hydrolysis) is 1. The molecule has 0 saturated heterocycles. The summed E-state index contributed by atoms with van der Waals surface area (Å²) in [7, 11) is 0. The van der Waals surface area contributed by atoms with Gasteiger partial charge in [-0.2, -0.15) is 0 Å². The molecule has 1 amide bonds. The maximum atomic E-state index is 11.4. The normalized spacial score (nSPS) is 10.7. The molecule has 0 aromatic heterocycles. The average molecular weight is 370 g/mol. The van der Waals surface area contributed by atoms with Crippen LogP contribution in [0.2, 0.25) is 0 Å². The van der Waals surface area contributed by atoms with Crippen molar-refractivity contribution >= 4 is 17.9 Å². The molecule has 0 aliphatic carbocycles. The monoisotopic (exact) mass is 370 g/mol. The zero-order valence-electron chi connectivity index (χ0n) is 14.9. The predicted octanol–water partition coefficient (Wildman–Crippen LogP) is 2.65. The number of non-ortho nitro benzene ring substituents is 1. The van der Waals surface area contributed by atoms with Crippen molar-refractivity contribution in [2.24, 2.45) is 0 Å². The molecule has 1 aromatic carbocycles. The fourth-order valence-electron chi connectivity index (χ4n) is 1.59. The third kappa shape index (κ3) is 9.42. The molecule has 0 aliphatic heterocycles. The van der Waals surface area contributed by atoms with Crippen LogP contribution in [0.5, 0.6) is 5.75 Å². The van der Waals surface area contributed by atoms with Gasteiger partial charge in [0.25, 0.3) is 5.69 Å². The average Bonchev–Trinajstić information content (AvgIpc) is 2.52. The predicted molar refractivity (Wildman–Crippen MR) is 90.1 cm³/mol. The number of ether oxygens (including phenoxy) is 4. The Hall–Kier alpha value is -2.88. The standard InChI is InChI=1S/C16H22N2O8/c1-16(2,3)26-14(19)17-8-9-23-10-11-24-15(20)25-13-6-4-12(5-7-13)18(21)22/h4-7H,8-11H2,1-3H3,(H,17,19). The lowest BCUT2D eigenvalue weighted by Gasteiger charge is -2.19. The van der Waals surface area contributed by atoms with E-state index in [1.165, 1.54) is 24.3 Å². The van der Waals surface area contributed by atoms with Gasteiger partial charge in [0.2, 0.25) is 0 Å². The number of hydrogen-bond donors (Lipinski definition) is 1. The van der Waals surface area contributed by atoms with E-state index in [0.29, 0.717) is 0 Å². The largest absolute Gasteiger partial charge is 0.513 e. The zero-order chi connectivity index (χ0) is 19.6. The Kier molecular flexibility index (Phi) is 8.29. The second kappa shape index (κ2) is 10.2. The van der Waals surface area contributed by atoms with Crippen LogP contribution in [-0.4, -0.2) is 49.1 Å². The van der Waals surface area contributed by atoms with Crippen LogP contribution in [-0.2, 0) is 14.2 Å². The molecule has 144 valence electrons. The fourth-order valence-corrected chi connectivity index (χ4v) is 1.59. The molecular formula is C16H22N2O8. The SMILES string of the molecule is CC(C)(C)OC(=O)NCCOCCOC(=O)Oc1ccc([N+](=O)[O-])cc1. The van der Waals surface area contributed by atoms with E-state index < -0.39 is 22.8 Å². The Labute approximate surface area is 150 Å². The van der Waals surface area contributed by atoms with Crippen LogP contribution >= 0.6 is 0 Å². The van der Waals surface area contributed by atoms with Crippen molar-refractivity contribution in [3.8, 4) is 5.75 Å². The molecule has 1 rings (SSSR count). The van der Waals surface area contributed by atoms with Crippen LogP contribution in [0.25, 0.3) is 0 Å². The molecule has 0 fully saturated rings. The number of nitro groups is 1. The third-order valence-corrected chi connectivity index (χ3v) is 2.61. The fraction of sp³-hybridized carbons (Fsp3) is 0.500. The zero-order valence-corrected chi connectivity index (χ0v) is 14.9. The van der Waals surface area contributed by atoms with Gasteiger partial charge in [0, 0.05) is 18.7 Å². The summed E-state index contributed by atoms with van der Waals surface area (Å²) in [4.78, 5) is 32.7. The molecule has 0 aliphatic rings. The van der Waals surface area contributed by atoms with E-state index in [1.807, 2.05) is 0 Å². The summed E-state index contributed by atoms with van der Waals surface area (Å²) in [6, 6.07) is 5.00. The van der Waals surface area contributed by atoms with Gasteiger partial charge in [-0.1, -0.05) is 0 Å². The summed E-state index contributed by atoms with van der Waals surface area (Å²) in [6.07, 6.45) is -1.49. The quantitative estimate of drug-likeness (QED) is 0.243. The third-order valence-electron chi connectivity index (χ3n) is 2.61. The van der Waals surface area contributed by atoms with E-state index in [0.717, 1.165) is 0 Å². The van der Waals surface area contributed by atoms with Gasteiger partial charge in [0.1, 0.15) is 18.0 Å². The maximum Gasteiger partial charge on any atom is 0.513 e. The second-order valence-electron chi connectivity index (χ2n) is 5.99. The van der Waals surface area contributed by atoms with Crippen LogP contribution < -0.4 is 10.1 Å². The molecular weight excluding hydrogens is 348 g/mol. The summed E-state index contributed by atoms with van der Waals surface area (Å²) in [6.45, 7) is 5.83. The van der Waals surface area contributed by atoms with E-state index in [2.05, 4.69) is 5.32 Å². The van der Waals surface area contributed by atoms with Gasteiger partial charge in [0.05, 0.1) is 18.1 Å². The number of amides is 1. The van der Waals surface area contributed by atoms with Gasteiger partial charge in [-0.25, -0.2) is 9.59 Å². The van der Waals surface area contributed by atoms with Gasteiger partial charge < -0.3 is 24.3 Å². The molecule has 0 bridgehead atoms. The second-order valence-corrected chi connectivity index (χ2v) is 5.99. The first-order chi connectivity index (χ1) is 12.2. The summed E-state index contributed by atoms with van der Waals surface area (Å²) in [5.41, 5.74) is -0.679. The molecule has 10 nitrogen and oxygen atoms in total. The lowest BCUT2D eigenvalue weighted by Crippen LogP contribution is -2.34. The Morgan fingerprint density at radius 2 is 1.77 bits per heavy atom. The highest BCUT2D eigenvalue weighted by Crippen LogP contribution is 2.17. The molecule has 10 heteroatoms. The van der Waals surface area contributed by atoms with Crippen LogP contribution in [0.4, 0.5) is 15.3 Å². The summed E-state index contributed by atoms with van der Waals surface area (Å²) < 4.78 is 19.9. The van der Waals surface area contributed by atoms with Crippen LogP contribution in [0.3, 0.4) is 0 Å². The summed E-state index contributed by atoms with van der Waals surface area (Å²) in [5, 5.41) is 13.0. The highest BCUT2D eigenvalue weighted by molar-refractivity contribution is 5.67. The van der Waals surface area contributed by atoms with Gasteiger partial charge in [-0.3, -0.25) is 10.1 Å². The highest BCUT2D eigenvalue weighted by atomic mass is 16.7. The molecule has 1 aromatic rings. The van der Waals surface area contributed by atoms with Crippen LogP contribution in [0, 0.1) is 10.1 Å². The van der Waals surface area contributed by atoms with Gasteiger partial charge in [-0.15, -0.1) is 0 Å². The van der Waals surface area contributed by atoms with E-state index >= 15 is 0 Å². The Morgan fingerprint density at radius 1 is 1.12 bits per heavy atom. The van der Waals surface area contributed by atoms with Crippen molar-refractivity contribution in [3.63, 3.8) is 0 Å². The van der Waals surface area contributed by atoms with Crippen molar-refractivity contribution < 1.29 is 33.5 Å². The van der Waals surface area contributed by atoms with E-state index in [4.69, 9.17) is 18.9 Å². The minimum atomic E-state index is -0.950. The summed E-state index contributed by atoms with van der Waals surface area (Å²) >= 11 is 0. The first kappa shape index (κ1) is 21.2. The smallest absolute Gasteiger partial charge is 0.444 e. The maximum absolute atomic E-state index is 11.4. The number of nitro benzene ring substituents is 1. The Morgan fingerprint density at radius 3 is 2.35 bits per heavy atom. The molecule has 0 saturated carbocycles. The van der Waals surface area contributed by atoms with E-state index in [1.54, 1.807) is 20.8 Å². The number of carbonyl (C=O) groups excluding carboxylic acids is 2. The first-order valence-corrected chi connectivity index (χ1v) is 7.81. The Balaban J connectivity index is 2.09. The Bertz CT molecular complexity index is 610. The van der Waals surface area contributed by atoms with Crippen molar-refractivity contribution in [1.29, 1.82) is 0 Å². The molecule has 0 unspecified atom stereocenters. The van der Waals surface area contributed by atoms with Crippen LogP contribution in [0.15, 0.2) is 24.3 Å². The van der Waals surface area contributed by atoms with Gasteiger partial charge >= 0.3 is 12.2 Å². The van der Waals surface area contributed by atoms with Gasteiger partial charge in [-0.05, 0) is 32.9 Å². The topological polar surface area (TPSA) is 126 Å². The molecule has 26 heavy (non-hydrogen) atoms. The summed E-state index contributed by atoms with van der Waals surface area (Å²) in [5.74, 6) is 0.128. The van der Waals surface area contributed by atoms with E-state index in [9.17, 15) is 19.7 Å². The lowest BCUT2D eigenvalue weighted by atomic mass is 10.2. The molecule has 0 radical (unpaired) electrons. The number of benzene rings is 1. The van der Waals surface area contributed by atoms with Crippen molar-refractivity contribution in [2.75, 3.05) is 26.4 Å². The molecule has 0 atom stereocenters. The van der Waals surface area contributed by atoms with Crippen molar-refractivity contribution in [2.45, 2.75) is 26.4 Å². The molecule has 0 heterocycles. The highest BCUT2D eigenvalue weighted by Gasteiger charge is 2.15. The molecule has 1 N–H and O–H groups in total. The molecule has 0 spiro atoms. The number of nitrogens with zero attached hydrogens (tertiary/aromatic N) is 1. The first-order valence-electron chi connectivity index (χ1n) is 7.81. The number of hydrogen-bond acceptors (Lipinski definition) is 8.